The highest BCUT2D eigenvalue weighted by atomic mass is 32.2. The average Bonchev–Trinajstić information content (AvgIpc) is 2.79. The third-order valence-corrected chi connectivity index (χ3v) is 6.44. The first-order valence-electron chi connectivity index (χ1n) is 6.44. The summed E-state index contributed by atoms with van der Waals surface area (Å²) < 4.78 is 55.5. The van der Waals surface area contributed by atoms with Crippen LogP contribution >= 0.6 is 0 Å². The molecule has 0 unspecified atom stereocenters. The van der Waals surface area contributed by atoms with E-state index in [1.165, 1.54) is 26.0 Å². The lowest BCUT2D eigenvalue weighted by atomic mass is 10.4. The van der Waals surface area contributed by atoms with Crippen LogP contribution in [0.15, 0.2) is 44.6 Å². The molecule has 0 aliphatic rings. The second kappa shape index (κ2) is 6.19. The van der Waals surface area contributed by atoms with E-state index in [0.29, 0.717) is 0 Å². The van der Waals surface area contributed by atoms with Gasteiger partial charge in [-0.25, -0.2) is 21.6 Å². The molecule has 0 amide bonds. The van der Waals surface area contributed by atoms with Crippen molar-refractivity contribution in [2.45, 2.75) is 23.6 Å². The number of sulfonamides is 1. The van der Waals surface area contributed by atoms with Crippen molar-refractivity contribution >= 4 is 19.9 Å². The van der Waals surface area contributed by atoms with Crippen molar-refractivity contribution in [1.82, 2.24) is 9.88 Å². The van der Waals surface area contributed by atoms with Gasteiger partial charge in [-0.05, 0) is 26.0 Å². The maximum atomic E-state index is 12.2. The van der Waals surface area contributed by atoms with Crippen LogP contribution in [0.1, 0.15) is 11.5 Å². The van der Waals surface area contributed by atoms with Crippen molar-refractivity contribution in [1.29, 1.82) is 0 Å². The van der Waals surface area contributed by atoms with Gasteiger partial charge in [0.15, 0.2) is 15.6 Å². The standard InChI is InChI=1S/C13H16N2O5S2/c1-10-13(11(2)20-15-10)22(18,19)14-8-9-21(16,17)12-6-4-3-5-7-12/h3-7,14H,8-9H2,1-2H3. The first-order chi connectivity index (χ1) is 10.2. The van der Waals surface area contributed by atoms with Crippen LogP contribution in [-0.2, 0) is 19.9 Å². The minimum absolute atomic E-state index is 0.0513. The quantitative estimate of drug-likeness (QED) is 0.839. The van der Waals surface area contributed by atoms with E-state index in [9.17, 15) is 16.8 Å². The monoisotopic (exact) mass is 344 g/mol. The van der Waals surface area contributed by atoms with Gasteiger partial charge in [0.1, 0.15) is 10.6 Å². The highest BCUT2D eigenvalue weighted by Crippen LogP contribution is 2.18. The minimum Gasteiger partial charge on any atom is -0.360 e. The topological polar surface area (TPSA) is 106 Å². The zero-order chi connectivity index (χ0) is 16.4. The fourth-order valence-corrected chi connectivity index (χ4v) is 4.65. The van der Waals surface area contributed by atoms with Crippen LogP contribution in [0.4, 0.5) is 0 Å². The van der Waals surface area contributed by atoms with Crippen molar-refractivity contribution in [2.75, 3.05) is 12.3 Å². The maximum Gasteiger partial charge on any atom is 0.245 e. The summed E-state index contributed by atoms with van der Waals surface area (Å²) in [5.74, 6) is -0.171. The predicted octanol–water partition coefficient (Wildman–Crippen LogP) is 1.04. The van der Waals surface area contributed by atoms with Crippen LogP contribution in [0, 0.1) is 13.8 Å². The molecule has 0 spiro atoms. The molecule has 0 atom stereocenters. The van der Waals surface area contributed by atoms with Gasteiger partial charge in [-0.3, -0.25) is 0 Å². The molecule has 2 rings (SSSR count). The van der Waals surface area contributed by atoms with Gasteiger partial charge in [-0.1, -0.05) is 23.4 Å². The van der Waals surface area contributed by atoms with Gasteiger partial charge in [-0.2, -0.15) is 0 Å². The lowest BCUT2D eigenvalue weighted by molar-refractivity contribution is 0.390. The fourth-order valence-electron chi connectivity index (χ4n) is 1.99. The normalized spacial score (nSPS) is 12.5. The molecule has 0 fully saturated rings. The molecule has 1 aromatic heterocycles. The van der Waals surface area contributed by atoms with Gasteiger partial charge in [0.05, 0.1) is 10.6 Å². The molecule has 0 radical (unpaired) electrons. The molecule has 0 aliphatic heterocycles. The number of benzene rings is 1. The Balaban J connectivity index is 2.08. The molecule has 7 nitrogen and oxygen atoms in total. The van der Waals surface area contributed by atoms with E-state index in [1.54, 1.807) is 18.2 Å². The Kier molecular flexibility index (Phi) is 4.69. The Bertz CT molecular complexity index is 836. The molecule has 0 aliphatic carbocycles. The molecule has 0 saturated heterocycles. The molecule has 0 bridgehead atoms. The molecular formula is C13H16N2O5S2. The Morgan fingerprint density at radius 2 is 1.73 bits per heavy atom. The van der Waals surface area contributed by atoms with Crippen molar-refractivity contribution in [2.24, 2.45) is 0 Å². The van der Waals surface area contributed by atoms with Gasteiger partial charge in [-0.15, -0.1) is 0 Å². The van der Waals surface area contributed by atoms with Gasteiger partial charge >= 0.3 is 0 Å². The third-order valence-electron chi connectivity index (χ3n) is 3.00. The number of hydrogen-bond acceptors (Lipinski definition) is 6. The highest BCUT2D eigenvalue weighted by molar-refractivity contribution is 7.91. The van der Waals surface area contributed by atoms with Crippen LogP contribution in [0.3, 0.4) is 0 Å². The molecular weight excluding hydrogens is 328 g/mol. The van der Waals surface area contributed by atoms with E-state index in [4.69, 9.17) is 4.52 Å². The van der Waals surface area contributed by atoms with Crippen molar-refractivity contribution < 1.29 is 21.4 Å². The Morgan fingerprint density at radius 1 is 1.09 bits per heavy atom. The number of aromatic nitrogens is 1. The van der Waals surface area contributed by atoms with Crippen LogP contribution < -0.4 is 4.72 Å². The third kappa shape index (κ3) is 3.54. The number of nitrogens with zero attached hydrogens (tertiary/aromatic N) is 1. The summed E-state index contributed by atoms with van der Waals surface area (Å²) in [7, 11) is -7.39. The van der Waals surface area contributed by atoms with Crippen molar-refractivity contribution in [3.05, 3.63) is 41.8 Å². The summed E-state index contributed by atoms with van der Waals surface area (Å²) in [6, 6.07) is 7.87. The van der Waals surface area contributed by atoms with Crippen molar-refractivity contribution in [3.8, 4) is 0 Å². The molecule has 1 N–H and O–H groups in total. The second-order valence-corrected chi connectivity index (χ2v) is 8.50. The van der Waals surface area contributed by atoms with Crippen molar-refractivity contribution in [3.63, 3.8) is 0 Å². The maximum absolute atomic E-state index is 12.2. The largest absolute Gasteiger partial charge is 0.360 e. The first kappa shape index (κ1) is 16.7. The van der Waals surface area contributed by atoms with E-state index in [1.807, 2.05) is 0 Å². The van der Waals surface area contributed by atoms with E-state index in [2.05, 4.69) is 9.88 Å². The zero-order valence-corrected chi connectivity index (χ0v) is 13.7. The molecule has 1 heterocycles. The van der Waals surface area contributed by atoms with Crippen LogP contribution in [0.25, 0.3) is 0 Å². The van der Waals surface area contributed by atoms with Gasteiger partial charge in [0.2, 0.25) is 10.0 Å². The summed E-state index contributed by atoms with van der Waals surface area (Å²) in [5.41, 5.74) is 0.232. The zero-order valence-electron chi connectivity index (χ0n) is 12.1. The summed E-state index contributed by atoms with van der Waals surface area (Å²) >= 11 is 0. The Labute approximate surface area is 129 Å². The molecule has 22 heavy (non-hydrogen) atoms. The lowest BCUT2D eigenvalue weighted by Crippen LogP contribution is -2.29. The number of rotatable bonds is 6. The van der Waals surface area contributed by atoms with Crippen LogP contribution in [0.2, 0.25) is 0 Å². The number of nitrogens with one attached hydrogen (secondary N) is 1. The number of aryl methyl sites for hydroxylation is 2. The van der Waals surface area contributed by atoms with E-state index in [0.717, 1.165) is 0 Å². The molecule has 9 heteroatoms. The van der Waals surface area contributed by atoms with E-state index < -0.39 is 19.9 Å². The molecule has 0 saturated carbocycles. The first-order valence-corrected chi connectivity index (χ1v) is 9.58. The number of hydrogen-bond donors (Lipinski definition) is 1. The smallest absolute Gasteiger partial charge is 0.245 e. The lowest BCUT2D eigenvalue weighted by Gasteiger charge is -2.07. The Hall–Kier alpha value is -1.71. The molecule has 1 aromatic carbocycles. The molecule has 2 aromatic rings. The van der Waals surface area contributed by atoms with Gasteiger partial charge < -0.3 is 4.52 Å². The fraction of sp³-hybridized carbons (Fsp3) is 0.308. The van der Waals surface area contributed by atoms with Crippen LogP contribution in [0.5, 0.6) is 0 Å². The Morgan fingerprint density at radius 3 is 2.27 bits per heavy atom. The van der Waals surface area contributed by atoms with E-state index >= 15 is 0 Å². The SMILES string of the molecule is Cc1noc(C)c1S(=O)(=O)NCCS(=O)(=O)c1ccccc1. The minimum atomic E-state index is -3.85. The summed E-state index contributed by atoms with van der Waals surface area (Å²) in [6.45, 7) is 2.75. The van der Waals surface area contributed by atoms with Crippen LogP contribution in [-0.4, -0.2) is 34.3 Å². The highest BCUT2D eigenvalue weighted by Gasteiger charge is 2.24. The van der Waals surface area contributed by atoms with E-state index in [-0.39, 0.29) is 33.5 Å². The second-order valence-electron chi connectivity index (χ2n) is 4.68. The van der Waals surface area contributed by atoms with Gasteiger partial charge in [0.25, 0.3) is 0 Å². The summed E-state index contributed by atoms with van der Waals surface area (Å²) in [6.07, 6.45) is 0. The summed E-state index contributed by atoms with van der Waals surface area (Å²) in [4.78, 5) is 0.108. The summed E-state index contributed by atoms with van der Waals surface area (Å²) in [5, 5.41) is 3.57. The van der Waals surface area contributed by atoms with Gasteiger partial charge in [0, 0.05) is 6.54 Å². The predicted molar refractivity (Wildman–Crippen MR) is 79.7 cm³/mol. The average molecular weight is 344 g/mol. The molecule has 120 valence electrons. The number of sulfone groups is 1.